The number of likely N-dealkylation sites (tertiary alicyclic amines) is 1. The third-order valence-corrected chi connectivity index (χ3v) is 4.98. The van der Waals surface area contributed by atoms with Crippen LogP contribution in [-0.2, 0) is 4.79 Å². The highest BCUT2D eigenvalue weighted by Gasteiger charge is 2.39. The van der Waals surface area contributed by atoms with Gasteiger partial charge >= 0.3 is 0 Å². The Hall–Kier alpha value is -0.610. The zero-order chi connectivity index (χ0) is 12.5. The van der Waals surface area contributed by atoms with Gasteiger partial charge in [0.15, 0.2) is 0 Å². The van der Waals surface area contributed by atoms with Crippen molar-refractivity contribution in [2.75, 3.05) is 19.7 Å². The van der Waals surface area contributed by atoms with Crippen LogP contribution in [0.3, 0.4) is 0 Å². The summed E-state index contributed by atoms with van der Waals surface area (Å²) in [6, 6.07) is 0.625. The average Bonchev–Trinajstić information content (AvgIpc) is 2.37. The van der Waals surface area contributed by atoms with Gasteiger partial charge in [-0.3, -0.25) is 4.79 Å². The molecular formula is C14H24N2O2. The molecule has 2 aliphatic heterocycles. The fourth-order valence-electron chi connectivity index (χ4n) is 3.78. The third-order valence-electron chi connectivity index (χ3n) is 4.98. The summed E-state index contributed by atoms with van der Waals surface area (Å²) in [5, 5.41) is 12.6. The Labute approximate surface area is 109 Å². The lowest BCUT2D eigenvalue weighted by Crippen LogP contribution is -2.60. The zero-order valence-electron chi connectivity index (χ0n) is 11.0. The molecule has 3 unspecified atom stereocenters. The standard InChI is InChI=1S/C14H24N2O2/c17-9-10-7-16(8-10)14(18)13-6-5-11-3-1-2-4-12(11)15-13/h10-13,15,17H,1-9H2. The highest BCUT2D eigenvalue weighted by molar-refractivity contribution is 5.82. The maximum atomic E-state index is 12.3. The first-order valence-electron chi connectivity index (χ1n) is 7.43. The van der Waals surface area contributed by atoms with E-state index in [0.717, 1.165) is 25.4 Å². The zero-order valence-corrected chi connectivity index (χ0v) is 11.0. The molecule has 4 nitrogen and oxygen atoms in total. The minimum atomic E-state index is 0.0454. The van der Waals surface area contributed by atoms with Crippen LogP contribution in [0.25, 0.3) is 0 Å². The van der Waals surface area contributed by atoms with Crippen molar-refractivity contribution in [1.29, 1.82) is 0 Å². The van der Waals surface area contributed by atoms with Gasteiger partial charge in [0.05, 0.1) is 6.04 Å². The van der Waals surface area contributed by atoms with Crippen LogP contribution in [-0.4, -0.2) is 47.7 Å². The van der Waals surface area contributed by atoms with Crippen molar-refractivity contribution in [3.05, 3.63) is 0 Å². The number of aliphatic hydroxyl groups excluding tert-OH is 1. The van der Waals surface area contributed by atoms with Gasteiger partial charge in [0.2, 0.25) is 5.91 Å². The summed E-state index contributed by atoms with van der Waals surface area (Å²) in [7, 11) is 0. The van der Waals surface area contributed by atoms with E-state index < -0.39 is 0 Å². The number of hydrogen-bond acceptors (Lipinski definition) is 3. The van der Waals surface area contributed by atoms with E-state index >= 15 is 0 Å². The van der Waals surface area contributed by atoms with Crippen molar-refractivity contribution in [2.24, 2.45) is 11.8 Å². The summed E-state index contributed by atoms with van der Waals surface area (Å²) in [5.74, 6) is 1.40. The molecule has 0 aromatic carbocycles. The number of fused-ring (bicyclic) bond motifs is 1. The molecule has 1 amide bonds. The summed E-state index contributed by atoms with van der Waals surface area (Å²) in [5.41, 5.74) is 0. The second-order valence-corrected chi connectivity index (χ2v) is 6.24. The molecule has 2 N–H and O–H groups in total. The van der Waals surface area contributed by atoms with E-state index in [-0.39, 0.29) is 18.6 Å². The molecule has 4 heteroatoms. The highest BCUT2D eigenvalue weighted by Crippen LogP contribution is 2.33. The molecule has 2 heterocycles. The van der Waals surface area contributed by atoms with Crippen LogP contribution in [0.2, 0.25) is 0 Å². The van der Waals surface area contributed by atoms with Crippen molar-refractivity contribution in [3.8, 4) is 0 Å². The fourth-order valence-corrected chi connectivity index (χ4v) is 3.78. The first-order valence-corrected chi connectivity index (χ1v) is 7.43. The van der Waals surface area contributed by atoms with E-state index in [0.29, 0.717) is 12.0 Å². The molecule has 2 saturated heterocycles. The van der Waals surface area contributed by atoms with Gasteiger partial charge < -0.3 is 15.3 Å². The summed E-state index contributed by atoms with van der Waals surface area (Å²) < 4.78 is 0. The van der Waals surface area contributed by atoms with Gasteiger partial charge in [-0.2, -0.15) is 0 Å². The molecule has 3 atom stereocenters. The smallest absolute Gasteiger partial charge is 0.239 e. The van der Waals surface area contributed by atoms with Crippen LogP contribution >= 0.6 is 0 Å². The Morgan fingerprint density at radius 2 is 1.94 bits per heavy atom. The van der Waals surface area contributed by atoms with E-state index in [9.17, 15) is 4.79 Å². The minimum Gasteiger partial charge on any atom is -0.396 e. The molecule has 18 heavy (non-hydrogen) atoms. The van der Waals surface area contributed by atoms with Crippen LogP contribution in [0, 0.1) is 11.8 Å². The number of carbonyl (C=O) groups is 1. The topological polar surface area (TPSA) is 52.6 Å². The molecular weight excluding hydrogens is 228 g/mol. The molecule has 0 aromatic heterocycles. The number of hydrogen-bond donors (Lipinski definition) is 2. The maximum Gasteiger partial charge on any atom is 0.239 e. The van der Waals surface area contributed by atoms with Gasteiger partial charge in [-0.15, -0.1) is 0 Å². The Balaban J connectivity index is 1.53. The number of aliphatic hydroxyl groups is 1. The number of nitrogens with one attached hydrogen (secondary N) is 1. The summed E-state index contributed by atoms with van der Waals surface area (Å²) in [4.78, 5) is 14.2. The minimum absolute atomic E-state index is 0.0454. The van der Waals surface area contributed by atoms with Crippen molar-refractivity contribution >= 4 is 5.91 Å². The Bertz CT molecular complexity index is 315. The van der Waals surface area contributed by atoms with Gasteiger partial charge in [0, 0.05) is 31.7 Å². The molecule has 3 aliphatic rings. The van der Waals surface area contributed by atoms with Crippen molar-refractivity contribution in [2.45, 2.75) is 50.6 Å². The summed E-state index contributed by atoms with van der Waals surface area (Å²) in [6.07, 6.45) is 7.48. The number of carbonyl (C=O) groups excluding carboxylic acids is 1. The summed E-state index contributed by atoms with van der Waals surface area (Å²) >= 11 is 0. The van der Waals surface area contributed by atoms with Crippen LogP contribution in [0.4, 0.5) is 0 Å². The maximum absolute atomic E-state index is 12.3. The van der Waals surface area contributed by atoms with Crippen LogP contribution in [0.1, 0.15) is 38.5 Å². The first kappa shape index (κ1) is 12.4. The van der Waals surface area contributed by atoms with Gasteiger partial charge in [-0.1, -0.05) is 12.8 Å². The van der Waals surface area contributed by atoms with E-state index in [2.05, 4.69) is 5.32 Å². The van der Waals surface area contributed by atoms with Crippen molar-refractivity contribution in [1.82, 2.24) is 10.2 Å². The van der Waals surface area contributed by atoms with Crippen LogP contribution < -0.4 is 5.32 Å². The van der Waals surface area contributed by atoms with E-state index in [1.807, 2.05) is 4.90 Å². The molecule has 0 spiro atoms. The third kappa shape index (κ3) is 2.28. The molecule has 1 aliphatic carbocycles. The first-order chi connectivity index (χ1) is 8.78. The largest absolute Gasteiger partial charge is 0.396 e. The normalized spacial score (nSPS) is 36.9. The number of piperidine rings is 1. The Kier molecular flexibility index (Phi) is 3.57. The molecule has 3 rings (SSSR count). The summed E-state index contributed by atoms with van der Waals surface area (Å²) in [6.45, 7) is 1.72. The second kappa shape index (κ2) is 5.17. The lowest BCUT2D eigenvalue weighted by molar-refractivity contribution is -0.142. The lowest BCUT2D eigenvalue weighted by Gasteiger charge is -2.44. The predicted molar refractivity (Wildman–Crippen MR) is 69.1 cm³/mol. The second-order valence-electron chi connectivity index (χ2n) is 6.24. The van der Waals surface area contributed by atoms with Gasteiger partial charge in [0.25, 0.3) is 0 Å². The lowest BCUT2D eigenvalue weighted by atomic mass is 9.77. The fraction of sp³-hybridized carbons (Fsp3) is 0.929. The van der Waals surface area contributed by atoms with Gasteiger partial charge in [0.1, 0.15) is 0 Å². The Morgan fingerprint density at radius 1 is 1.17 bits per heavy atom. The van der Waals surface area contributed by atoms with E-state index in [1.54, 1.807) is 0 Å². The molecule has 1 saturated carbocycles. The van der Waals surface area contributed by atoms with Crippen LogP contribution in [0.15, 0.2) is 0 Å². The van der Waals surface area contributed by atoms with Crippen molar-refractivity contribution < 1.29 is 9.90 Å². The molecule has 0 radical (unpaired) electrons. The number of amides is 1. The molecule has 3 fully saturated rings. The van der Waals surface area contributed by atoms with E-state index in [1.165, 1.54) is 32.1 Å². The van der Waals surface area contributed by atoms with Crippen LogP contribution in [0.5, 0.6) is 0 Å². The highest BCUT2D eigenvalue weighted by atomic mass is 16.3. The Morgan fingerprint density at radius 3 is 2.72 bits per heavy atom. The van der Waals surface area contributed by atoms with Crippen molar-refractivity contribution in [3.63, 3.8) is 0 Å². The van der Waals surface area contributed by atoms with E-state index in [4.69, 9.17) is 5.11 Å². The molecule has 0 bridgehead atoms. The molecule has 0 aromatic rings. The SMILES string of the molecule is O=C(C1CCC2CCCCC2N1)N1CC(CO)C1. The predicted octanol–water partition coefficient (Wildman–Crippen LogP) is 0.748. The molecule has 102 valence electrons. The number of rotatable bonds is 2. The number of nitrogens with zero attached hydrogens (tertiary/aromatic N) is 1. The van der Waals surface area contributed by atoms with Gasteiger partial charge in [-0.05, 0) is 31.6 Å². The quantitative estimate of drug-likeness (QED) is 0.762. The monoisotopic (exact) mass is 252 g/mol. The van der Waals surface area contributed by atoms with Gasteiger partial charge in [-0.25, -0.2) is 0 Å². The average molecular weight is 252 g/mol.